The molecule has 6 unspecified atom stereocenters. The van der Waals surface area contributed by atoms with Gasteiger partial charge < -0.3 is 10.2 Å². The van der Waals surface area contributed by atoms with Crippen LogP contribution in [0.3, 0.4) is 0 Å². The first-order valence-electron chi connectivity index (χ1n) is 9.46. The fraction of sp³-hybridized carbons (Fsp3) is 0.714. The Bertz CT molecular complexity index is 634. The van der Waals surface area contributed by atoms with E-state index in [1.54, 1.807) is 0 Å². The predicted octanol–water partition coefficient (Wildman–Crippen LogP) is 4.30. The van der Waals surface area contributed by atoms with Crippen molar-refractivity contribution in [3.05, 3.63) is 35.2 Å². The topological polar surface area (TPSA) is 40.5 Å². The molecule has 2 fully saturated rings. The van der Waals surface area contributed by atoms with Gasteiger partial charge in [-0.05, 0) is 67.3 Å². The average Bonchev–Trinajstić information content (AvgIpc) is 2.92. The van der Waals surface area contributed by atoms with Gasteiger partial charge in [-0.3, -0.25) is 0 Å². The highest BCUT2D eigenvalue weighted by atomic mass is 19.1. The second kappa shape index (κ2) is 5.54. The summed E-state index contributed by atoms with van der Waals surface area (Å²) < 4.78 is 14.2. The van der Waals surface area contributed by atoms with Gasteiger partial charge in [0.15, 0.2) is 0 Å². The molecule has 2 N–H and O–H groups in total. The first-order chi connectivity index (χ1) is 11.4. The molecule has 0 spiro atoms. The maximum Gasteiger partial charge on any atom is 0.129 e. The third kappa shape index (κ3) is 2.13. The molecule has 0 bridgehead atoms. The van der Waals surface area contributed by atoms with Crippen molar-refractivity contribution in [2.24, 2.45) is 28.6 Å². The van der Waals surface area contributed by atoms with E-state index >= 15 is 0 Å². The first kappa shape index (κ1) is 16.5. The summed E-state index contributed by atoms with van der Waals surface area (Å²) in [7, 11) is 0. The molecule has 6 atom stereocenters. The summed E-state index contributed by atoms with van der Waals surface area (Å²) in [5.74, 6) is 1.19. The molecule has 0 heterocycles. The molecule has 3 heteroatoms. The lowest BCUT2D eigenvalue weighted by Gasteiger charge is -2.57. The number of rotatable bonds is 1. The lowest BCUT2D eigenvalue weighted by atomic mass is 9.47. The van der Waals surface area contributed by atoms with Crippen molar-refractivity contribution in [1.82, 2.24) is 0 Å². The molecule has 2 nitrogen and oxygen atoms in total. The van der Waals surface area contributed by atoms with Gasteiger partial charge in [0.2, 0.25) is 0 Å². The van der Waals surface area contributed by atoms with Crippen LogP contribution in [0.15, 0.2) is 35.2 Å². The molecule has 0 saturated heterocycles. The minimum atomic E-state index is -0.490. The summed E-state index contributed by atoms with van der Waals surface area (Å²) in [6, 6.07) is 0. The number of hydrogen-bond acceptors (Lipinski definition) is 2. The third-order valence-corrected chi connectivity index (χ3v) is 7.85. The van der Waals surface area contributed by atoms with Crippen LogP contribution in [0.4, 0.5) is 4.39 Å². The number of halogens is 1. The van der Waals surface area contributed by atoms with E-state index < -0.39 is 6.61 Å². The van der Waals surface area contributed by atoms with Crippen LogP contribution in [-0.4, -0.2) is 22.9 Å². The van der Waals surface area contributed by atoms with E-state index in [0.29, 0.717) is 17.8 Å². The number of aliphatic hydroxyl groups excluding tert-OH is 2. The highest BCUT2D eigenvalue weighted by molar-refractivity contribution is 5.40. The third-order valence-electron chi connectivity index (χ3n) is 7.85. The molecule has 132 valence electrons. The molecule has 4 rings (SSSR count). The van der Waals surface area contributed by atoms with Crippen molar-refractivity contribution < 1.29 is 14.6 Å². The van der Waals surface area contributed by atoms with E-state index in [1.807, 2.05) is 6.08 Å². The van der Waals surface area contributed by atoms with Crippen LogP contribution in [0, 0.1) is 28.6 Å². The summed E-state index contributed by atoms with van der Waals surface area (Å²) in [5, 5.41) is 19.3. The second-order valence-electron chi connectivity index (χ2n) is 8.87. The van der Waals surface area contributed by atoms with Crippen LogP contribution in [0.25, 0.3) is 0 Å². The van der Waals surface area contributed by atoms with Gasteiger partial charge in [-0.15, -0.1) is 0 Å². The summed E-state index contributed by atoms with van der Waals surface area (Å²) in [6.45, 7) is 4.09. The molecule has 0 aromatic heterocycles. The molecule has 0 amide bonds. The number of fused-ring (bicyclic) bond motifs is 5. The fourth-order valence-electron chi connectivity index (χ4n) is 6.44. The average molecular weight is 332 g/mol. The highest BCUT2D eigenvalue weighted by Crippen LogP contribution is 2.64. The van der Waals surface area contributed by atoms with E-state index in [-0.39, 0.29) is 22.8 Å². The van der Waals surface area contributed by atoms with Gasteiger partial charge in [-0.2, -0.15) is 0 Å². The minimum absolute atomic E-state index is 0.163. The Morgan fingerprint density at radius 3 is 2.75 bits per heavy atom. The zero-order valence-electron chi connectivity index (χ0n) is 14.8. The lowest BCUT2D eigenvalue weighted by molar-refractivity contribution is -0.0161. The predicted molar refractivity (Wildman–Crippen MR) is 92.8 cm³/mol. The highest BCUT2D eigenvalue weighted by Gasteiger charge is 2.56. The number of allylic oxidation sites excluding steroid dienone is 4. The smallest absolute Gasteiger partial charge is 0.129 e. The van der Waals surface area contributed by atoms with E-state index in [4.69, 9.17) is 0 Å². The molecular weight excluding hydrogens is 303 g/mol. The normalized spacial score (nSPS) is 49.1. The van der Waals surface area contributed by atoms with Gasteiger partial charge in [-0.1, -0.05) is 37.6 Å². The second-order valence-corrected chi connectivity index (χ2v) is 8.87. The van der Waals surface area contributed by atoms with E-state index in [2.05, 4.69) is 26.0 Å². The Hall–Kier alpha value is -0.930. The Morgan fingerprint density at radius 1 is 1.25 bits per heavy atom. The zero-order valence-corrected chi connectivity index (χ0v) is 14.8. The van der Waals surface area contributed by atoms with Crippen LogP contribution in [0.5, 0.6) is 0 Å². The first-order valence-corrected chi connectivity index (χ1v) is 9.46. The molecule has 24 heavy (non-hydrogen) atoms. The van der Waals surface area contributed by atoms with Crippen LogP contribution < -0.4 is 0 Å². The van der Waals surface area contributed by atoms with Crippen LogP contribution >= 0.6 is 0 Å². The molecular formula is C21H29FO2. The molecule has 0 aromatic rings. The quantitative estimate of drug-likeness (QED) is 0.703. The van der Waals surface area contributed by atoms with Crippen LogP contribution in [-0.2, 0) is 0 Å². The van der Waals surface area contributed by atoms with Gasteiger partial charge in [0.05, 0.1) is 12.7 Å². The van der Waals surface area contributed by atoms with E-state index in [0.717, 1.165) is 44.1 Å². The molecule has 0 aromatic carbocycles. The van der Waals surface area contributed by atoms with Gasteiger partial charge in [0.1, 0.15) is 5.83 Å². The van der Waals surface area contributed by atoms with E-state index in [9.17, 15) is 14.6 Å². The minimum Gasteiger partial charge on any atom is -0.393 e. The van der Waals surface area contributed by atoms with Crippen molar-refractivity contribution in [3.63, 3.8) is 0 Å². The monoisotopic (exact) mass is 332 g/mol. The Balaban J connectivity index is 1.69. The lowest BCUT2D eigenvalue weighted by Crippen LogP contribution is -2.49. The van der Waals surface area contributed by atoms with Crippen molar-refractivity contribution in [2.45, 2.75) is 58.5 Å². The van der Waals surface area contributed by atoms with Gasteiger partial charge in [0, 0.05) is 5.41 Å². The molecule has 0 radical (unpaired) electrons. The number of aliphatic hydroxyl groups is 2. The van der Waals surface area contributed by atoms with Crippen molar-refractivity contribution >= 4 is 0 Å². The standard InChI is InChI=1S/C21H29FO2/c1-20-9-7-14(24)11-13(20)3-4-15-16-5-6-18(19(22)12-23)21(16,2)10-8-17(15)20/h3,5-6,14-17,23-24H,4,7-12H2,1-2H3/b19-18+. The molecule has 0 aliphatic heterocycles. The summed E-state index contributed by atoms with van der Waals surface area (Å²) in [4.78, 5) is 0. The summed E-state index contributed by atoms with van der Waals surface area (Å²) in [6.07, 6.45) is 12.3. The fourth-order valence-corrected chi connectivity index (χ4v) is 6.44. The van der Waals surface area contributed by atoms with Gasteiger partial charge >= 0.3 is 0 Å². The summed E-state index contributed by atoms with van der Waals surface area (Å²) in [5.41, 5.74) is 2.24. The maximum atomic E-state index is 14.2. The van der Waals surface area contributed by atoms with Gasteiger partial charge in [-0.25, -0.2) is 4.39 Å². The largest absolute Gasteiger partial charge is 0.393 e. The van der Waals surface area contributed by atoms with Crippen molar-refractivity contribution in [1.29, 1.82) is 0 Å². The molecule has 4 aliphatic rings. The van der Waals surface area contributed by atoms with Gasteiger partial charge in [0.25, 0.3) is 0 Å². The van der Waals surface area contributed by atoms with Crippen LogP contribution in [0.1, 0.15) is 52.4 Å². The van der Waals surface area contributed by atoms with Crippen molar-refractivity contribution in [2.75, 3.05) is 6.61 Å². The van der Waals surface area contributed by atoms with Crippen molar-refractivity contribution in [3.8, 4) is 0 Å². The Morgan fingerprint density at radius 2 is 2.00 bits per heavy atom. The zero-order chi connectivity index (χ0) is 17.1. The van der Waals surface area contributed by atoms with E-state index in [1.165, 1.54) is 5.57 Å². The van der Waals surface area contributed by atoms with Crippen LogP contribution in [0.2, 0.25) is 0 Å². The Kier molecular flexibility index (Phi) is 3.81. The summed E-state index contributed by atoms with van der Waals surface area (Å²) >= 11 is 0. The maximum absolute atomic E-state index is 14.2. The number of hydrogen-bond donors (Lipinski definition) is 2. The Labute approximate surface area is 144 Å². The molecule has 2 saturated carbocycles. The molecule has 4 aliphatic carbocycles. The SMILES string of the molecule is CC12CCC(O)CC1=CCC1C2CCC2(C)/C(=C(/F)CO)C=CC12.